The molecule has 0 aliphatic carbocycles. The molecule has 0 amide bonds. The smallest absolute Gasteiger partial charge is 0.192 e. The van der Waals surface area contributed by atoms with E-state index in [1.807, 2.05) is 42.5 Å². The number of hydrogen-bond donors (Lipinski definition) is 0. The van der Waals surface area contributed by atoms with E-state index in [1.165, 1.54) is 5.56 Å². The van der Waals surface area contributed by atoms with E-state index in [1.54, 1.807) is 7.11 Å². The highest BCUT2D eigenvalue weighted by molar-refractivity contribution is 6.83. The first-order valence-corrected chi connectivity index (χ1v) is 19.7. The van der Waals surface area contributed by atoms with Gasteiger partial charge in [0.15, 0.2) is 8.32 Å². The Balaban J connectivity index is 2.17. The van der Waals surface area contributed by atoms with Crippen molar-refractivity contribution >= 4 is 16.4 Å². The molecule has 2 aromatic rings. The predicted molar refractivity (Wildman–Crippen MR) is 160 cm³/mol. The largest absolute Gasteiger partial charge is 0.497 e. The Kier molecular flexibility index (Phi) is 12.1. The van der Waals surface area contributed by atoms with Gasteiger partial charge in [0.2, 0.25) is 0 Å². The molecule has 204 valence electrons. The molecule has 0 radical (unpaired) electrons. The van der Waals surface area contributed by atoms with Crippen molar-refractivity contribution in [2.75, 3.05) is 20.3 Å². The Morgan fingerprint density at radius 2 is 1.41 bits per heavy atom. The van der Waals surface area contributed by atoms with E-state index in [-0.39, 0.29) is 17.1 Å². The topological polar surface area (TPSA) is 36.9 Å². The molecule has 0 fully saturated rings. The maximum absolute atomic E-state index is 6.99. The van der Waals surface area contributed by atoms with E-state index >= 15 is 0 Å². The third kappa shape index (κ3) is 11.6. The lowest BCUT2D eigenvalue weighted by atomic mass is 10.0. The second-order valence-corrected chi connectivity index (χ2v) is 21.7. The highest BCUT2D eigenvalue weighted by atomic mass is 28.4. The van der Waals surface area contributed by atoms with Gasteiger partial charge in [-0.05, 0) is 47.8 Å². The third-order valence-corrected chi connectivity index (χ3v) is 12.1. The maximum Gasteiger partial charge on any atom is 0.192 e. The SMILES string of the molecule is COc1ccc(COC[C@H](C#C[Si](C)(C)C)C(CCOCc2ccccc2)O[Si](C)(C)C(C)(C)C)cc1. The highest BCUT2D eigenvalue weighted by Gasteiger charge is 2.40. The second-order valence-electron chi connectivity index (χ2n) is 12.2. The Morgan fingerprint density at radius 1 is 0.811 bits per heavy atom. The minimum absolute atomic E-state index is 0.0144. The van der Waals surface area contributed by atoms with Crippen molar-refractivity contribution < 1.29 is 18.6 Å². The van der Waals surface area contributed by atoms with Gasteiger partial charge in [0.25, 0.3) is 0 Å². The van der Waals surface area contributed by atoms with Gasteiger partial charge in [-0.3, -0.25) is 0 Å². The first kappa shape index (κ1) is 31.3. The first-order valence-electron chi connectivity index (χ1n) is 13.3. The summed E-state index contributed by atoms with van der Waals surface area (Å²) in [4.78, 5) is 0. The van der Waals surface area contributed by atoms with E-state index in [9.17, 15) is 0 Å². The number of hydrogen-bond acceptors (Lipinski definition) is 4. The third-order valence-electron chi connectivity index (χ3n) is 6.72. The van der Waals surface area contributed by atoms with Crippen molar-refractivity contribution in [3.05, 3.63) is 65.7 Å². The average Bonchev–Trinajstić information content (AvgIpc) is 2.83. The van der Waals surface area contributed by atoms with Crippen molar-refractivity contribution in [3.8, 4) is 17.2 Å². The fourth-order valence-corrected chi connectivity index (χ4v) is 5.45. The van der Waals surface area contributed by atoms with Gasteiger partial charge in [-0.25, -0.2) is 0 Å². The van der Waals surface area contributed by atoms with Gasteiger partial charge in [-0.1, -0.05) is 82.9 Å². The van der Waals surface area contributed by atoms with Crippen LogP contribution >= 0.6 is 0 Å². The average molecular weight is 541 g/mol. The predicted octanol–water partition coefficient (Wildman–Crippen LogP) is 7.71. The molecule has 1 unspecified atom stereocenters. The molecule has 2 aromatic carbocycles. The van der Waals surface area contributed by atoms with Crippen LogP contribution in [0.1, 0.15) is 38.3 Å². The molecule has 0 aliphatic rings. The quantitative estimate of drug-likeness (QED) is 0.148. The van der Waals surface area contributed by atoms with E-state index in [0.29, 0.717) is 26.4 Å². The van der Waals surface area contributed by atoms with Crippen molar-refractivity contribution in [2.45, 2.75) is 84.3 Å². The summed E-state index contributed by atoms with van der Waals surface area (Å²) in [5, 5.41) is 0.108. The summed E-state index contributed by atoms with van der Waals surface area (Å²) < 4.78 is 24.6. The summed E-state index contributed by atoms with van der Waals surface area (Å²) in [6, 6.07) is 18.3. The molecule has 0 heterocycles. The van der Waals surface area contributed by atoms with Crippen molar-refractivity contribution in [2.24, 2.45) is 5.92 Å². The van der Waals surface area contributed by atoms with Gasteiger partial charge in [0.05, 0.1) is 39.0 Å². The lowest BCUT2D eigenvalue weighted by Gasteiger charge is -2.40. The zero-order chi connectivity index (χ0) is 27.5. The first-order chi connectivity index (χ1) is 17.3. The Hall–Kier alpha value is -1.89. The van der Waals surface area contributed by atoms with Crippen LogP contribution in [0.4, 0.5) is 0 Å². The summed E-state index contributed by atoms with van der Waals surface area (Å²) in [6.45, 7) is 20.6. The van der Waals surface area contributed by atoms with E-state index in [4.69, 9.17) is 18.6 Å². The minimum Gasteiger partial charge on any atom is -0.497 e. The fourth-order valence-electron chi connectivity index (χ4n) is 3.44. The van der Waals surface area contributed by atoms with Gasteiger partial charge < -0.3 is 18.6 Å². The van der Waals surface area contributed by atoms with Crippen molar-refractivity contribution in [1.29, 1.82) is 0 Å². The minimum atomic E-state index is -2.02. The molecule has 2 rings (SSSR count). The Labute approximate surface area is 228 Å². The second kappa shape index (κ2) is 14.3. The van der Waals surface area contributed by atoms with Crippen LogP contribution in [-0.4, -0.2) is 42.8 Å². The molecule has 0 aliphatic heterocycles. The normalized spacial score (nSPS) is 14.0. The standard InChI is InChI=1S/C31H48O4Si2/c1-31(2,3)37(8,9)35-30(19-21-33-23-26-13-11-10-12-14-26)28(20-22-36(5,6)7)25-34-24-27-15-17-29(32-4)18-16-27/h10-18,28,30H,19,21,23-25H2,1-9H3/t28-,30?/m0/s1. The van der Waals surface area contributed by atoms with E-state index < -0.39 is 16.4 Å². The van der Waals surface area contributed by atoms with Crippen LogP contribution in [0.2, 0.25) is 37.8 Å². The zero-order valence-electron chi connectivity index (χ0n) is 24.5. The number of methoxy groups -OCH3 is 1. The summed E-state index contributed by atoms with van der Waals surface area (Å²) in [5.74, 6) is 4.44. The van der Waals surface area contributed by atoms with Crippen LogP contribution in [0.3, 0.4) is 0 Å². The molecule has 0 N–H and O–H groups in total. The molecule has 0 spiro atoms. The molecule has 37 heavy (non-hydrogen) atoms. The zero-order valence-corrected chi connectivity index (χ0v) is 26.5. The molecular formula is C31H48O4Si2. The molecule has 4 nitrogen and oxygen atoms in total. The molecule has 2 atom stereocenters. The van der Waals surface area contributed by atoms with Crippen LogP contribution in [0.5, 0.6) is 5.75 Å². The lowest BCUT2D eigenvalue weighted by Crippen LogP contribution is -2.46. The van der Waals surface area contributed by atoms with Gasteiger partial charge in [0.1, 0.15) is 13.8 Å². The van der Waals surface area contributed by atoms with Crippen molar-refractivity contribution in [3.63, 3.8) is 0 Å². The summed E-state index contributed by atoms with van der Waals surface area (Å²) in [7, 11) is -1.91. The lowest BCUT2D eigenvalue weighted by molar-refractivity contribution is 0.0248. The summed E-state index contributed by atoms with van der Waals surface area (Å²) in [5.41, 5.74) is 5.89. The Morgan fingerprint density at radius 3 is 1.97 bits per heavy atom. The van der Waals surface area contributed by atoms with Crippen LogP contribution < -0.4 is 4.74 Å². The van der Waals surface area contributed by atoms with E-state index in [0.717, 1.165) is 17.7 Å². The molecule has 0 aromatic heterocycles. The van der Waals surface area contributed by atoms with Gasteiger partial charge in [0, 0.05) is 6.61 Å². The van der Waals surface area contributed by atoms with Crippen LogP contribution in [0, 0.1) is 17.4 Å². The van der Waals surface area contributed by atoms with Crippen LogP contribution in [0.15, 0.2) is 54.6 Å². The molecule has 6 heteroatoms. The van der Waals surface area contributed by atoms with Gasteiger partial charge in [-0.2, -0.15) is 0 Å². The van der Waals surface area contributed by atoms with Crippen molar-refractivity contribution in [1.82, 2.24) is 0 Å². The molecular weight excluding hydrogens is 493 g/mol. The van der Waals surface area contributed by atoms with Crippen LogP contribution in [-0.2, 0) is 27.1 Å². The van der Waals surface area contributed by atoms with Crippen LogP contribution in [0.25, 0.3) is 0 Å². The maximum atomic E-state index is 6.99. The van der Waals surface area contributed by atoms with Gasteiger partial charge >= 0.3 is 0 Å². The Bertz CT molecular complexity index is 980. The highest BCUT2D eigenvalue weighted by Crippen LogP contribution is 2.38. The van der Waals surface area contributed by atoms with Gasteiger partial charge in [-0.15, -0.1) is 11.5 Å². The molecule has 0 bridgehead atoms. The number of rotatable bonds is 13. The summed E-state index contributed by atoms with van der Waals surface area (Å²) in [6.07, 6.45) is 0.743. The fraction of sp³-hybridized carbons (Fsp3) is 0.548. The summed E-state index contributed by atoms with van der Waals surface area (Å²) >= 11 is 0. The molecule has 0 saturated heterocycles. The van der Waals surface area contributed by atoms with E-state index in [2.05, 4.69) is 77.1 Å². The monoisotopic (exact) mass is 540 g/mol. The number of ether oxygens (including phenoxy) is 3. The number of benzene rings is 2. The molecule has 0 saturated carbocycles.